The van der Waals surface area contributed by atoms with Crippen LogP contribution < -0.4 is 11.1 Å². The molecule has 0 radical (unpaired) electrons. The number of carbonyl (C=O) groups excluding carboxylic acids is 2. The SMILES string of the molecule is NC(=O)N1CCCC(C(=O)NC2(CO)CCCCC2)C1. The maximum absolute atomic E-state index is 12.4. The molecule has 2 rings (SSSR count). The first kappa shape index (κ1) is 15.1. The summed E-state index contributed by atoms with van der Waals surface area (Å²) in [5.74, 6) is -0.256. The first-order chi connectivity index (χ1) is 9.56. The number of hydrogen-bond donors (Lipinski definition) is 3. The van der Waals surface area contributed by atoms with Gasteiger partial charge in [-0.25, -0.2) is 4.79 Å². The second-order valence-electron chi connectivity index (χ2n) is 6.11. The van der Waals surface area contributed by atoms with Crippen molar-refractivity contribution in [2.75, 3.05) is 19.7 Å². The van der Waals surface area contributed by atoms with Crippen molar-refractivity contribution in [3.8, 4) is 0 Å². The Labute approximate surface area is 119 Å². The summed E-state index contributed by atoms with van der Waals surface area (Å²) in [7, 11) is 0. The molecule has 2 aliphatic rings. The number of nitrogens with two attached hydrogens (primary N) is 1. The number of urea groups is 1. The molecule has 0 aromatic heterocycles. The zero-order valence-corrected chi connectivity index (χ0v) is 11.9. The third kappa shape index (κ3) is 3.42. The van der Waals surface area contributed by atoms with Crippen LogP contribution in [0.2, 0.25) is 0 Å². The van der Waals surface area contributed by atoms with E-state index in [2.05, 4.69) is 5.32 Å². The van der Waals surface area contributed by atoms with E-state index < -0.39 is 11.6 Å². The summed E-state index contributed by atoms with van der Waals surface area (Å²) in [5, 5.41) is 12.7. The van der Waals surface area contributed by atoms with Gasteiger partial charge in [-0.05, 0) is 25.7 Å². The minimum Gasteiger partial charge on any atom is -0.394 e. The van der Waals surface area contributed by atoms with Gasteiger partial charge in [-0.2, -0.15) is 0 Å². The summed E-state index contributed by atoms with van der Waals surface area (Å²) in [6.07, 6.45) is 6.49. The molecule has 20 heavy (non-hydrogen) atoms. The first-order valence-electron chi connectivity index (χ1n) is 7.54. The largest absolute Gasteiger partial charge is 0.394 e. The summed E-state index contributed by atoms with van der Waals surface area (Å²) in [5.41, 5.74) is 4.83. The van der Waals surface area contributed by atoms with E-state index in [0.717, 1.165) is 44.9 Å². The van der Waals surface area contributed by atoms with Crippen molar-refractivity contribution in [1.29, 1.82) is 0 Å². The molecule has 0 spiro atoms. The molecule has 1 heterocycles. The number of aliphatic hydroxyl groups is 1. The minimum atomic E-state index is -0.461. The van der Waals surface area contributed by atoms with Gasteiger partial charge in [-0.1, -0.05) is 19.3 Å². The Morgan fingerprint density at radius 2 is 1.95 bits per heavy atom. The average Bonchev–Trinajstić information content (AvgIpc) is 2.48. The molecule has 3 amide bonds. The van der Waals surface area contributed by atoms with Gasteiger partial charge >= 0.3 is 6.03 Å². The van der Waals surface area contributed by atoms with Crippen molar-refractivity contribution in [2.45, 2.75) is 50.5 Å². The molecular weight excluding hydrogens is 258 g/mol. The summed E-state index contributed by atoms with van der Waals surface area (Å²) in [6.45, 7) is 1.01. The highest BCUT2D eigenvalue weighted by molar-refractivity contribution is 5.81. The molecule has 2 fully saturated rings. The molecule has 4 N–H and O–H groups in total. The van der Waals surface area contributed by atoms with Gasteiger partial charge in [0.15, 0.2) is 0 Å². The second-order valence-corrected chi connectivity index (χ2v) is 6.11. The van der Waals surface area contributed by atoms with Gasteiger partial charge in [0, 0.05) is 13.1 Å². The van der Waals surface area contributed by atoms with Crippen LogP contribution in [0.4, 0.5) is 4.79 Å². The molecule has 1 saturated carbocycles. The van der Waals surface area contributed by atoms with Gasteiger partial charge in [0.1, 0.15) is 0 Å². The minimum absolute atomic E-state index is 0.00893. The summed E-state index contributed by atoms with van der Waals surface area (Å²) in [6, 6.07) is -0.461. The van der Waals surface area contributed by atoms with Crippen LogP contribution in [0.1, 0.15) is 44.9 Å². The third-order valence-electron chi connectivity index (χ3n) is 4.61. The number of nitrogens with zero attached hydrogens (tertiary/aromatic N) is 1. The number of nitrogens with one attached hydrogen (secondary N) is 1. The average molecular weight is 283 g/mol. The van der Waals surface area contributed by atoms with Crippen LogP contribution in [-0.2, 0) is 4.79 Å². The van der Waals surface area contributed by atoms with Crippen molar-refractivity contribution in [3.05, 3.63) is 0 Å². The Hall–Kier alpha value is -1.30. The third-order valence-corrected chi connectivity index (χ3v) is 4.61. The van der Waals surface area contributed by atoms with Gasteiger partial charge in [-0.15, -0.1) is 0 Å². The van der Waals surface area contributed by atoms with Crippen molar-refractivity contribution < 1.29 is 14.7 Å². The molecule has 0 bridgehead atoms. The highest BCUT2D eigenvalue weighted by Gasteiger charge is 2.36. The first-order valence-corrected chi connectivity index (χ1v) is 7.54. The van der Waals surface area contributed by atoms with Crippen molar-refractivity contribution in [2.24, 2.45) is 11.7 Å². The normalized spacial score (nSPS) is 26.1. The van der Waals surface area contributed by atoms with Gasteiger partial charge in [-0.3, -0.25) is 4.79 Å². The Kier molecular flexibility index (Phi) is 4.86. The molecule has 0 aromatic rings. The standard InChI is InChI=1S/C14H25N3O3/c15-13(20)17-8-4-5-11(9-17)12(19)16-14(10-18)6-2-1-3-7-14/h11,18H,1-10H2,(H2,15,20)(H,16,19). The molecule has 1 atom stereocenters. The zero-order valence-electron chi connectivity index (χ0n) is 11.9. The Bertz CT molecular complexity index is 367. The van der Waals surface area contributed by atoms with E-state index >= 15 is 0 Å². The molecule has 1 unspecified atom stereocenters. The highest BCUT2D eigenvalue weighted by Crippen LogP contribution is 2.28. The predicted octanol–water partition coefficient (Wildman–Crippen LogP) is 0.588. The van der Waals surface area contributed by atoms with E-state index in [-0.39, 0.29) is 18.4 Å². The highest BCUT2D eigenvalue weighted by atomic mass is 16.3. The Balaban J connectivity index is 1.94. The van der Waals surface area contributed by atoms with Crippen LogP contribution in [-0.4, -0.2) is 47.2 Å². The smallest absolute Gasteiger partial charge is 0.314 e. The fourth-order valence-electron chi connectivity index (χ4n) is 3.31. The van der Waals surface area contributed by atoms with E-state index in [4.69, 9.17) is 5.73 Å². The number of hydrogen-bond acceptors (Lipinski definition) is 3. The number of carbonyl (C=O) groups is 2. The molecule has 6 heteroatoms. The van der Waals surface area contributed by atoms with E-state index in [1.54, 1.807) is 0 Å². The number of rotatable bonds is 3. The summed E-state index contributed by atoms with van der Waals surface area (Å²) in [4.78, 5) is 25.1. The van der Waals surface area contributed by atoms with E-state index in [1.807, 2.05) is 0 Å². The lowest BCUT2D eigenvalue weighted by Gasteiger charge is -2.39. The maximum atomic E-state index is 12.4. The fraction of sp³-hybridized carbons (Fsp3) is 0.857. The molecule has 1 aliphatic carbocycles. The quantitative estimate of drug-likeness (QED) is 0.707. The van der Waals surface area contributed by atoms with Crippen LogP contribution in [0.3, 0.4) is 0 Å². The number of likely N-dealkylation sites (tertiary alicyclic amines) is 1. The monoisotopic (exact) mass is 283 g/mol. The van der Waals surface area contributed by atoms with Gasteiger partial charge in [0.25, 0.3) is 0 Å². The molecule has 1 saturated heterocycles. The molecular formula is C14H25N3O3. The molecule has 6 nitrogen and oxygen atoms in total. The lowest BCUT2D eigenvalue weighted by atomic mass is 9.81. The second kappa shape index (κ2) is 6.43. The fourth-order valence-corrected chi connectivity index (χ4v) is 3.31. The van der Waals surface area contributed by atoms with E-state index in [0.29, 0.717) is 13.1 Å². The predicted molar refractivity (Wildman–Crippen MR) is 74.9 cm³/mol. The molecule has 0 aromatic carbocycles. The number of aliphatic hydroxyl groups excluding tert-OH is 1. The van der Waals surface area contributed by atoms with Gasteiger partial charge in [0.05, 0.1) is 18.1 Å². The Morgan fingerprint density at radius 1 is 1.25 bits per heavy atom. The van der Waals surface area contributed by atoms with Crippen LogP contribution >= 0.6 is 0 Å². The van der Waals surface area contributed by atoms with E-state index in [1.165, 1.54) is 4.90 Å². The van der Waals surface area contributed by atoms with Crippen LogP contribution in [0.15, 0.2) is 0 Å². The van der Waals surface area contributed by atoms with Crippen molar-refractivity contribution >= 4 is 11.9 Å². The maximum Gasteiger partial charge on any atom is 0.314 e. The number of piperidine rings is 1. The lowest BCUT2D eigenvalue weighted by molar-refractivity contribution is -0.129. The van der Waals surface area contributed by atoms with Crippen LogP contribution in [0.25, 0.3) is 0 Å². The van der Waals surface area contributed by atoms with Gasteiger partial charge < -0.3 is 21.1 Å². The molecule has 114 valence electrons. The van der Waals surface area contributed by atoms with E-state index in [9.17, 15) is 14.7 Å². The summed E-state index contributed by atoms with van der Waals surface area (Å²) < 4.78 is 0. The number of primary amides is 1. The number of amides is 3. The Morgan fingerprint density at radius 3 is 2.55 bits per heavy atom. The zero-order chi connectivity index (χ0) is 14.6. The topological polar surface area (TPSA) is 95.7 Å². The molecule has 1 aliphatic heterocycles. The van der Waals surface area contributed by atoms with Crippen LogP contribution in [0.5, 0.6) is 0 Å². The van der Waals surface area contributed by atoms with Crippen LogP contribution in [0, 0.1) is 5.92 Å². The summed E-state index contributed by atoms with van der Waals surface area (Å²) >= 11 is 0. The van der Waals surface area contributed by atoms with Crippen molar-refractivity contribution in [1.82, 2.24) is 10.2 Å². The lowest BCUT2D eigenvalue weighted by Crippen LogP contribution is -2.56. The van der Waals surface area contributed by atoms with Crippen molar-refractivity contribution in [3.63, 3.8) is 0 Å². The van der Waals surface area contributed by atoms with Gasteiger partial charge in [0.2, 0.25) is 5.91 Å².